The molecule has 0 aliphatic carbocycles. The van der Waals surface area contributed by atoms with Crippen LogP contribution in [0.4, 0.5) is 13.2 Å². The minimum absolute atomic E-state index is 0.0227. The van der Waals surface area contributed by atoms with E-state index >= 15 is 0 Å². The fraction of sp³-hybridized carbons (Fsp3) is 0.400. The number of fused-ring (bicyclic) bond motifs is 1. The molecular formula is C15H16F3N7O. The maximum atomic E-state index is 12.7. The zero-order valence-electron chi connectivity index (χ0n) is 14.0. The first-order valence-electron chi connectivity index (χ1n) is 7.81. The number of hydrogen-bond donors (Lipinski definition) is 1. The zero-order valence-corrected chi connectivity index (χ0v) is 14.0. The third-order valence-electron chi connectivity index (χ3n) is 3.69. The van der Waals surface area contributed by atoms with Gasteiger partial charge in [-0.25, -0.2) is 9.50 Å². The Labute approximate surface area is 146 Å². The van der Waals surface area contributed by atoms with Gasteiger partial charge in [-0.2, -0.15) is 23.3 Å². The van der Waals surface area contributed by atoms with E-state index in [2.05, 4.69) is 25.5 Å². The van der Waals surface area contributed by atoms with Crippen LogP contribution in [0.3, 0.4) is 0 Å². The maximum absolute atomic E-state index is 12.7. The van der Waals surface area contributed by atoms with Crippen molar-refractivity contribution in [3.05, 3.63) is 41.7 Å². The standard InChI is InChI=1S/C15H16F3N7O/c1-9(8-25-10(2)6-11(22-25)15(16,17)18)7-20-13(26)12-21-14-19-4-3-5-24(14)23-12/h3-6,9H,7-8H2,1-2H3,(H,20,26)/t9-/m0/s1. The van der Waals surface area contributed by atoms with Gasteiger partial charge in [0.1, 0.15) is 0 Å². The van der Waals surface area contributed by atoms with Crippen LogP contribution in [0.2, 0.25) is 0 Å². The molecule has 3 rings (SSSR count). The molecule has 0 aliphatic rings. The van der Waals surface area contributed by atoms with E-state index in [-0.39, 0.29) is 24.8 Å². The summed E-state index contributed by atoms with van der Waals surface area (Å²) in [4.78, 5) is 20.1. The average Bonchev–Trinajstić information content (AvgIpc) is 3.16. The molecule has 3 aromatic heterocycles. The number of halogens is 3. The van der Waals surface area contributed by atoms with E-state index in [1.807, 2.05) is 0 Å². The minimum Gasteiger partial charge on any atom is -0.349 e. The van der Waals surface area contributed by atoms with Gasteiger partial charge in [-0.3, -0.25) is 9.48 Å². The van der Waals surface area contributed by atoms with Crippen molar-refractivity contribution in [2.45, 2.75) is 26.6 Å². The van der Waals surface area contributed by atoms with Crippen molar-refractivity contribution in [2.24, 2.45) is 5.92 Å². The lowest BCUT2D eigenvalue weighted by molar-refractivity contribution is -0.141. The molecule has 8 nitrogen and oxygen atoms in total. The minimum atomic E-state index is -4.48. The lowest BCUT2D eigenvalue weighted by Crippen LogP contribution is -2.31. The molecule has 11 heteroatoms. The van der Waals surface area contributed by atoms with Crippen molar-refractivity contribution in [1.82, 2.24) is 34.7 Å². The first-order valence-corrected chi connectivity index (χ1v) is 7.81. The normalized spacial score (nSPS) is 13.1. The van der Waals surface area contributed by atoms with E-state index in [4.69, 9.17) is 0 Å². The van der Waals surface area contributed by atoms with Crippen LogP contribution in [0.1, 0.15) is 28.9 Å². The molecule has 0 fully saturated rings. The summed E-state index contributed by atoms with van der Waals surface area (Å²) in [7, 11) is 0. The molecule has 0 unspecified atom stereocenters. The highest BCUT2D eigenvalue weighted by atomic mass is 19.4. The Morgan fingerprint density at radius 2 is 2.12 bits per heavy atom. The predicted molar refractivity (Wildman–Crippen MR) is 84.2 cm³/mol. The van der Waals surface area contributed by atoms with Gasteiger partial charge in [-0.15, -0.1) is 5.10 Å². The summed E-state index contributed by atoms with van der Waals surface area (Å²) in [6.07, 6.45) is -1.32. The second kappa shape index (κ2) is 6.73. The first-order chi connectivity index (χ1) is 12.2. The number of nitrogens with one attached hydrogen (secondary N) is 1. The smallest absolute Gasteiger partial charge is 0.349 e. The van der Waals surface area contributed by atoms with Crippen molar-refractivity contribution >= 4 is 11.7 Å². The van der Waals surface area contributed by atoms with E-state index in [1.165, 1.54) is 15.4 Å². The fourth-order valence-corrected chi connectivity index (χ4v) is 2.37. The fourth-order valence-electron chi connectivity index (χ4n) is 2.37. The maximum Gasteiger partial charge on any atom is 0.435 e. The van der Waals surface area contributed by atoms with Gasteiger partial charge in [0.2, 0.25) is 5.82 Å². The van der Waals surface area contributed by atoms with Crippen LogP contribution in [0.25, 0.3) is 5.78 Å². The molecule has 1 atom stereocenters. The Morgan fingerprint density at radius 1 is 1.35 bits per heavy atom. The van der Waals surface area contributed by atoms with Gasteiger partial charge in [0, 0.05) is 31.2 Å². The summed E-state index contributed by atoms with van der Waals surface area (Å²) in [5, 5.41) is 10.3. The summed E-state index contributed by atoms with van der Waals surface area (Å²) in [6, 6.07) is 2.66. The number of nitrogens with zero attached hydrogens (tertiary/aromatic N) is 6. The third-order valence-corrected chi connectivity index (χ3v) is 3.69. The van der Waals surface area contributed by atoms with Crippen molar-refractivity contribution in [3.63, 3.8) is 0 Å². The highest BCUT2D eigenvalue weighted by Gasteiger charge is 2.34. The Kier molecular flexibility index (Phi) is 4.62. The molecule has 0 radical (unpaired) electrons. The van der Waals surface area contributed by atoms with Gasteiger partial charge in [0.25, 0.3) is 11.7 Å². The summed E-state index contributed by atoms with van der Waals surface area (Å²) < 4.78 is 40.7. The number of aromatic nitrogens is 6. The van der Waals surface area contributed by atoms with Crippen molar-refractivity contribution < 1.29 is 18.0 Å². The van der Waals surface area contributed by atoms with Crippen LogP contribution < -0.4 is 5.32 Å². The SMILES string of the molecule is Cc1cc(C(F)(F)F)nn1C[C@@H](C)CNC(=O)c1nc2ncccn2n1. The molecule has 0 bridgehead atoms. The monoisotopic (exact) mass is 367 g/mol. The number of rotatable bonds is 5. The topological polar surface area (TPSA) is 90.0 Å². The third kappa shape index (κ3) is 3.81. The molecule has 0 aromatic carbocycles. The summed E-state index contributed by atoms with van der Waals surface area (Å²) in [6.45, 7) is 3.83. The number of amides is 1. The molecule has 1 N–H and O–H groups in total. The second-order valence-corrected chi connectivity index (χ2v) is 5.97. The first kappa shape index (κ1) is 17.8. The molecular weight excluding hydrogens is 351 g/mol. The number of aryl methyl sites for hydroxylation is 1. The lowest BCUT2D eigenvalue weighted by atomic mass is 10.2. The number of carbonyl (C=O) groups excluding carboxylic acids is 1. The van der Waals surface area contributed by atoms with Crippen LogP contribution in [0, 0.1) is 12.8 Å². The Bertz CT molecular complexity index is 898. The molecule has 0 aliphatic heterocycles. The summed E-state index contributed by atoms with van der Waals surface area (Å²) in [5.74, 6) is -0.340. The van der Waals surface area contributed by atoms with Crippen molar-refractivity contribution in [2.75, 3.05) is 6.54 Å². The van der Waals surface area contributed by atoms with Gasteiger partial charge in [-0.05, 0) is 25.0 Å². The quantitative estimate of drug-likeness (QED) is 0.742. The van der Waals surface area contributed by atoms with E-state index in [0.717, 1.165) is 6.07 Å². The summed E-state index contributed by atoms with van der Waals surface area (Å²) in [5.41, 5.74) is -0.517. The van der Waals surface area contributed by atoms with E-state index in [0.29, 0.717) is 11.5 Å². The Balaban J connectivity index is 1.59. The van der Waals surface area contributed by atoms with Crippen LogP contribution in [-0.2, 0) is 12.7 Å². The second-order valence-electron chi connectivity index (χ2n) is 5.97. The molecule has 1 amide bonds. The molecule has 0 saturated heterocycles. The van der Waals surface area contributed by atoms with E-state index < -0.39 is 17.8 Å². The lowest BCUT2D eigenvalue weighted by Gasteiger charge is -2.13. The van der Waals surface area contributed by atoms with Crippen LogP contribution in [-0.4, -0.2) is 41.8 Å². The molecule has 3 aromatic rings. The number of alkyl halides is 3. The van der Waals surface area contributed by atoms with E-state index in [9.17, 15) is 18.0 Å². The van der Waals surface area contributed by atoms with Gasteiger partial charge in [-0.1, -0.05) is 6.92 Å². The van der Waals surface area contributed by atoms with Crippen molar-refractivity contribution in [3.8, 4) is 0 Å². The molecule has 0 spiro atoms. The zero-order chi connectivity index (χ0) is 18.9. The Hall–Kier alpha value is -2.98. The van der Waals surface area contributed by atoms with E-state index in [1.54, 1.807) is 26.1 Å². The average molecular weight is 367 g/mol. The molecule has 3 heterocycles. The predicted octanol–water partition coefficient (Wildman–Crippen LogP) is 1.71. The van der Waals surface area contributed by atoms with Crippen LogP contribution in [0.5, 0.6) is 0 Å². The largest absolute Gasteiger partial charge is 0.435 e. The van der Waals surface area contributed by atoms with Crippen LogP contribution >= 0.6 is 0 Å². The Morgan fingerprint density at radius 3 is 2.77 bits per heavy atom. The number of carbonyl (C=O) groups is 1. The number of hydrogen-bond acceptors (Lipinski definition) is 5. The highest BCUT2D eigenvalue weighted by molar-refractivity contribution is 5.90. The summed E-state index contributed by atoms with van der Waals surface area (Å²) >= 11 is 0. The van der Waals surface area contributed by atoms with Gasteiger partial charge in [0.15, 0.2) is 5.69 Å². The molecule has 26 heavy (non-hydrogen) atoms. The highest BCUT2D eigenvalue weighted by Crippen LogP contribution is 2.28. The van der Waals surface area contributed by atoms with Gasteiger partial charge in [0.05, 0.1) is 0 Å². The van der Waals surface area contributed by atoms with Gasteiger partial charge >= 0.3 is 6.18 Å². The molecule has 0 saturated carbocycles. The van der Waals surface area contributed by atoms with Gasteiger partial charge < -0.3 is 5.32 Å². The van der Waals surface area contributed by atoms with Crippen molar-refractivity contribution in [1.29, 1.82) is 0 Å². The molecule has 138 valence electrons. The van der Waals surface area contributed by atoms with Crippen LogP contribution in [0.15, 0.2) is 24.5 Å².